The topological polar surface area (TPSA) is 89.8 Å². The fraction of sp³-hybridized carbons (Fsp3) is 0.263. The van der Waals surface area contributed by atoms with Gasteiger partial charge in [-0.3, -0.25) is 9.59 Å². The minimum absolute atomic E-state index is 0.114. The molecule has 2 aromatic rings. The van der Waals surface area contributed by atoms with E-state index in [2.05, 4.69) is 10.6 Å². The molecule has 0 bridgehead atoms. The van der Waals surface area contributed by atoms with Crippen molar-refractivity contribution in [1.82, 2.24) is 10.6 Å². The van der Waals surface area contributed by atoms with Gasteiger partial charge in [-0.1, -0.05) is 6.07 Å². The third kappa shape index (κ3) is 6.01. The van der Waals surface area contributed by atoms with Crippen molar-refractivity contribution in [2.45, 2.75) is 13.5 Å². The summed E-state index contributed by atoms with van der Waals surface area (Å²) < 4.78 is 15.8. The van der Waals surface area contributed by atoms with Crippen LogP contribution in [-0.4, -0.2) is 32.1 Å². The maximum atomic E-state index is 11.8. The second-order valence-corrected chi connectivity index (χ2v) is 5.25. The molecule has 0 saturated heterocycles. The first-order chi connectivity index (χ1) is 12.6. The quantitative estimate of drug-likeness (QED) is 0.670. The van der Waals surface area contributed by atoms with Crippen LogP contribution in [0, 0.1) is 0 Å². The molecule has 0 aliphatic heterocycles. The maximum Gasteiger partial charge on any atom is 0.244 e. The summed E-state index contributed by atoms with van der Waals surface area (Å²) in [5, 5.41) is 5.17. The van der Waals surface area contributed by atoms with Crippen molar-refractivity contribution in [3.8, 4) is 11.5 Å². The Kier molecular flexibility index (Phi) is 7.30. The van der Waals surface area contributed by atoms with E-state index >= 15 is 0 Å². The molecule has 138 valence electrons. The van der Waals surface area contributed by atoms with Crippen LogP contribution in [0.1, 0.15) is 18.2 Å². The smallest absolute Gasteiger partial charge is 0.244 e. The predicted molar refractivity (Wildman–Crippen MR) is 96.8 cm³/mol. The number of benzene rings is 1. The Morgan fingerprint density at radius 3 is 2.73 bits per heavy atom. The third-order valence-corrected chi connectivity index (χ3v) is 3.38. The lowest BCUT2D eigenvalue weighted by atomic mass is 10.2. The summed E-state index contributed by atoms with van der Waals surface area (Å²) in [6.45, 7) is 2.56. The highest BCUT2D eigenvalue weighted by atomic mass is 16.5. The molecule has 26 heavy (non-hydrogen) atoms. The Balaban J connectivity index is 1.81. The van der Waals surface area contributed by atoms with E-state index in [1.807, 2.05) is 6.92 Å². The van der Waals surface area contributed by atoms with Gasteiger partial charge in [-0.05, 0) is 42.8 Å². The van der Waals surface area contributed by atoms with Crippen LogP contribution in [-0.2, 0) is 16.1 Å². The molecule has 1 heterocycles. The molecular weight excluding hydrogens is 336 g/mol. The van der Waals surface area contributed by atoms with Crippen molar-refractivity contribution in [3.63, 3.8) is 0 Å². The molecule has 0 spiro atoms. The number of carbonyl (C=O) groups excluding carboxylic acids is 2. The third-order valence-electron chi connectivity index (χ3n) is 3.38. The van der Waals surface area contributed by atoms with E-state index in [0.29, 0.717) is 23.9 Å². The highest BCUT2D eigenvalue weighted by molar-refractivity contribution is 5.94. The van der Waals surface area contributed by atoms with E-state index < -0.39 is 0 Å². The number of nitrogens with one attached hydrogen (secondary N) is 2. The number of carbonyl (C=O) groups is 2. The molecule has 0 aliphatic carbocycles. The van der Waals surface area contributed by atoms with Gasteiger partial charge in [0.2, 0.25) is 11.8 Å². The molecule has 1 aromatic heterocycles. The summed E-state index contributed by atoms with van der Waals surface area (Å²) in [7, 11) is 1.57. The standard InChI is InChI=1S/C19H22N2O5/c1-3-25-17-11-14(6-8-16(17)24-2)7-9-18(22)21-13-19(23)20-12-15-5-4-10-26-15/h4-11H,3,12-13H2,1-2H3,(H,20,23)(H,21,22)/b9-7+. The van der Waals surface area contributed by atoms with Gasteiger partial charge in [-0.25, -0.2) is 0 Å². The fourth-order valence-electron chi connectivity index (χ4n) is 2.12. The molecule has 7 heteroatoms. The van der Waals surface area contributed by atoms with E-state index in [1.165, 1.54) is 12.3 Å². The molecule has 0 radical (unpaired) electrons. The average molecular weight is 358 g/mol. The number of amides is 2. The minimum Gasteiger partial charge on any atom is -0.493 e. The lowest BCUT2D eigenvalue weighted by Crippen LogP contribution is -2.35. The Morgan fingerprint density at radius 2 is 2.04 bits per heavy atom. The summed E-state index contributed by atoms with van der Waals surface area (Å²) in [6.07, 6.45) is 4.53. The van der Waals surface area contributed by atoms with Crippen LogP contribution in [0.4, 0.5) is 0 Å². The number of hydrogen-bond acceptors (Lipinski definition) is 5. The van der Waals surface area contributed by atoms with Crippen LogP contribution >= 0.6 is 0 Å². The lowest BCUT2D eigenvalue weighted by Gasteiger charge is -2.09. The van der Waals surface area contributed by atoms with Crippen LogP contribution in [0.5, 0.6) is 11.5 Å². The number of furan rings is 1. The Morgan fingerprint density at radius 1 is 1.19 bits per heavy atom. The first kappa shape index (κ1) is 19.1. The van der Waals surface area contributed by atoms with E-state index in [-0.39, 0.29) is 24.9 Å². The number of rotatable bonds is 9. The van der Waals surface area contributed by atoms with Crippen molar-refractivity contribution >= 4 is 17.9 Å². The molecule has 0 atom stereocenters. The van der Waals surface area contributed by atoms with Crippen LogP contribution in [0.3, 0.4) is 0 Å². The first-order valence-electron chi connectivity index (χ1n) is 8.18. The summed E-state index contributed by atoms with van der Waals surface area (Å²) in [5.41, 5.74) is 0.784. The largest absolute Gasteiger partial charge is 0.493 e. The van der Waals surface area contributed by atoms with Gasteiger partial charge >= 0.3 is 0 Å². The van der Waals surface area contributed by atoms with E-state index in [9.17, 15) is 9.59 Å². The lowest BCUT2D eigenvalue weighted by molar-refractivity contribution is -0.124. The van der Waals surface area contributed by atoms with Gasteiger partial charge in [0.15, 0.2) is 11.5 Å². The summed E-state index contributed by atoms with van der Waals surface area (Å²) in [5.74, 6) is 1.21. The molecule has 0 aliphatic rings. The van der Waals surface area contributed by atoms with Gasteiger partial charge in [0.05, 0.1) is 33.1 Å². The normalized spacial score (nSPS) is 10.5. The van der Waals surface area contributed by atoms with Crippen molar-refractivity contribution in [1.29, 1.82) is 0 Å². The van der Waals surface area contributed by atoms with Crippen LogP contribution in [0.15, 0.2) is 47.1 Å². The van der Waals surface area contributed by atoms with Gasteiger partial charge in [-0.2, -0.15) is 0 Å². The van der Waals surface area contributed by atoms with Crippen LogP contribution < -0.4 is 20.1 Å². The zero-order valence-electron chi connectivity index (χ0n) is 14.8. The molecule has 7 nitrogen and oxygen atoms in total. The monoisotopic (exact) mass is 358 g/mol. The average Bonchev–Trinajstić information content (AvgIpc) is 3.17. The molecular formula is C19H22N2O5. The van der Waals surface area contributed by atoms with Crippen molar-refractivity contribution in [3.05, 3.63) is 54.0 Å². The summed E-state index contributed by atoms with van der Waals surface area (Å²) in [4.78, 5) is 23.5. The maximum absolute atomic E-state index is 11.8. The first-order valence-corrected chi connectivity index (χ1v) is 8.18. The van der Waals surface area contributed by atoms with Crippen molar-refractivity contribution in [2.24, 2.45) is 0 Å². The molecule has 2 N–H and O–H groups in total. The molecule has 2 amide bonds. The van der Waals surface area contributed by atoms with Gasteiger partial charge in [0.1, 0.15) is 5.76 Å². The van der Waals surface area contributed by atoms with Crippen LogP contribution in [0.25, 0.3) is 6.08 Å². The number of hydrogen-bond donors (Lipinski definition) is 2. The molecule has 0 fully saturated rings. The highest BCUT2D eigenvalue weighted by Gasteiger charge is 2.06. The second-order valence-electron chi connectivity index (χ2n) is 5.25. The Labute approximate surface area is 152 Å². The van der Waals surface area contributed by atoms with Crippen LogP contribution in [0.2, 0.25) is 0 Å². The Bertz CT molecular complexity index is 753. The zero-order chi connectivity index (χ0) is 18.8. The van der Waals surface area contributed by atoms with E-state index in [1.54, 1.807) is 43.5 Å². The summed E-state index contributed by atoms with van der Waals surface area (Å²) >= 11 is 0. The van der Waals surface area contributed by atoms with Gasteiger partial charge in [0, 0.05) is 6.08 Å². The van der Waals surface area contributed by atoms with Crippen molar-refractivity contribution < 1.29 is 23.5 Å². The highest BCUT2D eigenvalue weighted by Crippen LogP contribution is 2.28. The SMILES string of the molecule is CCOc1cc(/C=C/C(=O)NCC(=O)NCc2ccco2)ccc1OC. The van der Waals surface area contributed by atoms with Crippen molar-refractivity contribution in [2.75, 3.05) is 20.3 Å². The number of methoxy groups -OCH3 is 1. The fourth-order valence-corrected chi connectivity index (χ4v) is 2.12. The van der Waals surface area contributed by atoms with E-state index in [0.717, 1.165) is 5.56 Å². The Hall–Kier alpha value is -3.22. The predicted octanol–water partition coefficient (Wildman–Crippen LogP) is 2.13. The molecule has 2 rings (SSSR count). The molecule has 0 unspecified atom stereocenters. The van der Waals surface area contributed by atoms with Gasteiger partial charge in [-0.15, -0.1) is 0 Å². The van der Waals surface area contributed by atoms with E-state index in [4.69, 9.17) is 13.9 Å². The van der Waals surface area contributed by atoms with Gasteiger partial charge < -0.3 is 24.5 Å². The minimum atomic E-state index is -0.369. The zero-order valence-corrected chi connectivity index (χ0v) is 14.8. The van der Waals surface area contributed by atoms with Gasteiger partial charge in [0.25, 0.3) is 0 Å². The molecule has 1 aromatic carbocycles. The molecule has 0 saturated carbocycles. The number of ether oxygens (including phenoxy) is 2. The second kappa shape index (κ2) is 9.93. The summed E-state index contributed by atoms with van der Waals surface area (Å²) in [6, 6.07) is 8.85.